The molecule has 3 aromatic rings. The molecule has 0 unspecified atom stereocenters. The van der Waals surface area contributed by atoms with Crippen molar-refractivity contribution in [3.8, 4) is 5.88 Å². The lowest BCUT2D eigenvalue weighted by Gasteiger charge is -2.27. The number of aromatic carboxylic acids is 1. The predicted molar refractivity (Wildman–Crippen MR) is 113 cm³/mol. The molecule has 2 fully saturated rings. The summed E-state index contributed by atoms with van der Waals surface area (Å²) in [5.74, 6) is -1.30. The first kappa shape index (κ1) is 19.5. The molecule has 7 nitrogen and oxygen atoms in total. The highest BCUT2D eigenvalue weighted by molar-refractivity contribution is 5.93. The third-order valence-corrected chi connectivity index (χ3v) is 6.02. The number of pyridine rings is 2. The van der Waals surface area contributed by atoms with Crippen LogP contribution in [0.1, 0.15) is 42.1 Å². The van der Waals surface area contributed by atoms with E-state index in [1.54, 1.807) is 18.3 Å². The van der Waals surface area contributed by atoms with Crippen molar-refractivity contribution in [3.63, 3.8) is 0 Å². The van der Waals surface area contributed by atoms with Gasteiger partial charge in [-0.3, -0.25) is 4.79 Å². The molecule has 0 bridgehead atoms. The highest BCUT2D eigenvalue weighted by Crippen LogP contribution is 2.39. The van der Waals surface area contributed by atoms with Crippen molar-refractivity contribution in [2.45, 2.75) is 37.8 Å². The number of anilines is 1. The highest BCUT2D eigenvalue weighted by atomic mass is 19.1. The number of carbonyl (C=O) groups is 1. The van der Waals surface area contributed by atoms with Gasteiger partial charge in [0.05, 0.1) is 17.2 Å². The zero-order chi connectivity index (χ0) is 21.5. The fraction of sp³-hybridized carbons (Fsp3) is 0.348. The molecule has 2 aliphatic rings. The Morgan fingerprint density at radius 1 is 1.26 bits per heavy atom. The van der Waals surface area contributed by atoms with Crippen molar-refractivity contribution in [3.05, 3.63) is 64.3 Å². The van der Waals surface area contributed by atoms with Gasteiger partial charge in [0, 0.05) is 36.4 Å². The summed E-state index contributed by atoms with van der Waals surface area (Å²) in [6.07, 6.45) is 6.64. The van der Waals surface area contributed by atoms with E-state index in [1.807, 2.05) is 21.6 Å². The number of fused-ring (bicyclic) bond motifs is 1. The normalized spacial score (nSPS) is 18.5. The molecule has 1 saturated carbocycles. The number of rotatable bonds is 6. The molecule has 8 heteroatoms. The number of nitrogens with zero attached hydrogens (tertiary/aromatic N) is 3. The van der Waals surface area contributed by atoms with Crippen LogP contribution in [0, 0.1) is 5.82 Å². The number of carboxylic acid groups (broad SMARTS) is 1. The van der Waals surface area contributed by atoms with Gasteiger partial charge in [0.25, 0.3) is 0 Å². The zero-order valence-electron chi connectivity index (χ0n) is 16.8. The Bertz CT molecular complexity index is 1210. The van der Waals surface area contributed by atoms with Crippen LogP contribution >= 0.6 is 0 Å². The summed E-state index contributed by atoms with van der Waals surface area (Å²) >= 11 is 0. The van der Waals surface area contributed by atoms with Gasteiger partial charge in [-0.1, -0.05) is 6.07 Å². The van der Waals surface area contributed by atoms with Crippen molar-refractivity contribution in [1.29, 1.82) is 0 Å². The number of benzene rings is 1. The van der Waals surface area contributed by atoms with Gasteiger partial charge in [0.15, 0.2) is 0 Å². The van der Waals surface area contributed by atoms with Gasteiger partial charge in [-0.2, -0.15) is 0 Å². The Morgan fingerprint density at radius 3 is 2.81 bits per heavy atom. The molecular weight excluding hydrogens is 401 g/mol. The van der Waals surface area contributed by atoms with Crippen LogP contribution < -0.4 is 15.1 Å². The molecule has 0 amide bonds. The zero-order valence-corrected chi connectivity index (χ0v) is 16.8. The smallest absolute Gasteiger partial charge is 0.341 e. The van der Waals surface area contributed by atoms with E-state index >= 15 is 4.39 Å². The second-order valence-corrected chi connectivity index (χ2v) is 8.10. The Balaban J connectivity index is 1.53. The largest absolute Gasteiger partial charge is 0.477 e. The van der Waals surface area contributed by atoms with E-state index in [-0.39, 0.29) is 23.0 Å². The van der Waals surface area contributed by atoms with Crippen LogP contribution in [-0.4, -0.2) is 39.8 Å². The quantitative estimate of drug-likeness (QED) is 0.652. The minimum atomic E-state index is -1.29. The molecule has 0 spiro atoms. The minimum Gasteiger partial charge on any atom is -0.477 e. The Kier molecular flexibility index (Phi) is 4.84. The Labute approximate surface area is 177 Å². The molecule has 1 N–H and O–H groups in total. The van der Waals surface area contributed by atoms with E-state index < -0.39 is 17.2 Å². The highest BCUT2D eigenvalue weighted by Gasteiger charge is 2.31. The van der Waals surface area contributed by atoms with Crippen molar-refractivity contribution in [1.82, 2.24) is 9.55 Å². The summed E-state index contributed by atoms with van der Waals surface area (Å²) in [6.45, 7) is 1.06. The first-order valence-electron chi connectivity index (χ1n) is 10.4. The van der Waals surface area contributed by atoms with Crippen molar-refractivity contribution >= 4 is 22.6 Å². The van der Waals surface area contributed by atoms with Crippen molar-refractivity contribution < 1.29 is 19.0 Å². The van der Waals surface area contributed by atoms with Crippen molar-refractivity contribution in [2.24, 2.45) is 0 Å². The van der Waals surface area contributed by atoms with Crippen LogP contribution in [-0.2, 0) is 0 Å². The van der Waals surface area contributed by atoms with E-state index in [0.717, 1.165) is 25.7 Å². The van der Waals surface area contributed by atoms with Crippen molar-refractivity contribution in [2.75, 3.05) is 18.1 Å². The lowest BCUT2D eigenvalue weighted by atomic mass is 10.1. The van der Waals surface area contributed by atoms with Gasteiger partial charge in [-0.25, -0.2) is 14.2 Å². The van der Waals surface area contributed by atoms with Crippen LogP contribution in [0.25, 0.3) is 10.9 Å². The second kappa shape index (κ2) is 7.68. The molecule has 0 radical (unpaired) electrons. The summed E-state index contributed by atoms with van der Waals surface area (Å²) in [7, 11) is 0. The molecule has 3 heterocycles. The maximum Gasteiger partial charge on any atom is 0.341 e. The van der Waals surface area contributed by atoms with Gasteiger partial charge in [-0.15, -0.1) is 0 Å². The minimum absolute atomic E-state index is 0.0201. The topological polar surface area (TPSA) is 84.7 Å². The molecule has 1 aliphatic heterocycles. The molecule has 1 atom stereocenters. The van der Waals surface area contributed by atoms with E-state index in [1.165, 1.54) is 12.3 Å². The van der Waals surface area contributed by atoms with Crippen LogP contribution in [0.2, 0.25) is 0 Å². The molecule has 1 aromatic carbocycles. The van der Waals surface area contributed by atoms with Gasteiger partial charge in [-0.05, 0) is 43.9 Å². The lowest BCUT2D eigenvalue weighted by Crippen LogP contribution is -2.35. The van der Waals surface area contributed by atoms with E-state index in [4.69, 9.17) is 4.74 Å². The molecule has 1 saturated heterocycles. The lowest BCUT2D eigenvalue weighted by molar-refractivity contribution is 0.0695. The van der Waals surface area contributed by atoms with Gasteiger partial charge in [0.2, 0.25) is 11.3 Å². The van der Waals surface area contributed by atoms with Crippen LogP contribution in [0.5, 0.6) is 5.88 Å². The third kappa shape index (κ3) is 3.62. The monoisotopic (exact) mass is 423 g/mol. The third-order valence-electron chi connectivity index (χ3n) is 6.02. The Hall–Kier alpha value is -3.42. The Morgan fingerprint density at radius 2 is 2.10 bits per heavy atom. The second-order valence-electron chi connectivity index (χ2n) is 8.10. The predicted octanol–water partition coefficient (Wildman–Crippen LogP) is 3.62. The van der Waals surface area contributed by atoms with Gasteiger partial charge in [0.1, 0.15) is 18.0 Å². The molecule has 160 valence electrons. The summed E-state index contributed by atoms with van der Waals surface area (Å²) in [5.41, 5.74) is 0.0114. The van der Waals surface area contributed by atoms with E-state index in [2.05, 4.69) is 4.98 Å². The maximum atomic E-state index is 15.2. The standard InChI is InChI=1S/C23H22FN3O4/c24-18-10-16-19(27(14-6-7-14)12-17(22(16)28)23(29)30)11-20(18)26-9-3-4-15(26)13-31-21-5-1-2-8-25-21/h1-2,5,8,10-12,14-15H,3-4,6-7,9,13H2,(H,29,30)/t15-/m1/s1. The summed E-state index contributed by atoms with van der Waals surface area (Å²) < 4.78 is 22.8. The van der Waals surface area contributed by atoms with Gasteiger partial charge < -0.3 is 19.3 Å². The number of aromatic nitrogens is 2. The van der Waals surface area contributed by atoms with Crippen LogP contribution in [0.15, 0.2) is 47.5 Å². The molecular formula is C23H22FN3O4. The summed E-state index contributed by atoms with van der Waals surface area (Å²) in [5, 5.41) is 9.51. The molecule has 1 aliphatic carbocycles. The number of hydrogen-bond donors (Lipinski definition) is 1. The van der Waals surface area contributed by atoms with Crippen LogP contribution in [0.3, 0.4) is 0 Å². The number of ether oxygens (including phenoxy) is 1. The fourth-order valence-corrected chi connectivity index (χ4v) is 4.33. The van der Waals surface area contributed by atoms with Crippen LogP contribution in [0.4, 0.5) is 10.1 Å². The number of carboxylic acids is 1. The average molecular weight is 423 g/mol. The first-order chi connectivity index (χ1) is 15.0. The average Bonchev–Trinajstić information content (AvgIpc) is 3.50. The fourth-order valence-electron chi connectivity index (χ4n) is 4.33. The SMILES string of the molecule is O=C(O)c1cn(C2CC2)c2cc(N3CCC[C@@H]3COc3ccccn3)c(F)cc2c1=O. The summed E-state index contributed by atoms with van der Waals surface area (Å²) in [4.78, 5) is 30.3. The molecule has 2 aromatic heterocycles. The number of halogens is 1. The van der Waals surface area contributed by atoms with Gasteiger partial charge >= 0.3 is 5.97 Å². The number of hydrogen-bond acceptors (Lipinski definition) is 5. The summed E-state index contributed by atoms with van der Waals surface area (Å²) in [6, 6.07) is 8.44. The maximum absolute atomic E-state index is 15.2. The molecule has 31 heavy (non-hydrogen) atoms. The molecule has 5 rings (SSSR count). The first-order valence-corrected chi connectivity index (χ1v) is 10.4. The van der Waals surface area contributed by atoms with E-state index in [9.17, 15) is 14.7 Å². The van der Waals surface area contributed by atoms with E-state index in [0.29, 0.717) is 30.2 Å².